The molecular weight excluding hydrogens is 304 g/mol. The normalized spacial score (nSPS) is 20.6. The van der Waals surface area contributed by atoms with Crippen LogP contribution in [0.5, 0.6) is 0 Å². The van der Waals surface area contributed by atoms with Gasteiger partial charge < -0.3 is 5.11 Å². The summed E-state index contributed by atoms with van der Waals surface area (Å²) >= 11 is 1.79. The molecule has 23 heavy (non-hydrogen) atoms. The van der Waals surface area contributed by atoms with Crippen LogP contribution in [0.25, 0.3) is 10.6 Å². The van der Waals surface area contributed by atoms with Crippen LogP contribution in [0.15, 0.2) is 30.3 Å². The van der Waals surface area contributed by atoms with Crippen molar-refractivity contribution in [2.45, 2.75) is 58.2 Å². The molecule has 0 amide bonds. The summed E-state index contributed by atoms with van der Waals surface area (Å²) in [5.74, 6) is 0. The lowest BCUT2D eigenvalue weighted by atomic mass is 9.96. The molecule has 2 unspecified atom stereocenters. The third-order valence-corrected chi connectivity index (χ3v) is 5.98. The van der Waals surface area contributed by atoms with Gasteiger partial charge in [-0.05, 0) is 32.7 Å². The molecule has 0 spiro atoms. The number of benzene rings is 1. The van der Waals surface area contributed by atoms with Crippen LogP contribution in [0, 0.1) is 6.92 Å². The smallest absolute Gasteiger partial charge is 0.123 e. The number of thiazole rings is 1. The minimum atomic E-state index is -0.211. The van der Waals surface area contributed by atoms with E-state index in [0.717, 1.165) is 36.6 Å². The number of aryl methyl sites for hydroxylation is 1. The van der Waals surface area contributed by atoms with E-state index in [2.05, 4.69) is 43.0 Å². The summed E-state index contributed by atoms with van der Waals surface area (Å²) in [6, 6.07) is 10.7. The molecule has 2 atom stereocenters. The Kier molecular flexibility index (Phi) is 5.46. The van der Waals surface area contributed by atoms with Gasteiger partial charge in [0.1, 0.15) is 5.01 Å². The number of aliphatic hydroxyl groups excluding tert-OH is 1. The van der Waals surface area contributed by atoms with Gasteiger partial charge in [-0.15, -0.1) is 11.3 Å². The first-order valence-electron chi connectivity index (χ1n) is 8.63. The molecule has 1 aromatic carbocycles. The van der Waals surface area contributed by atoms with Crippen LogP contribution in [-0.4, -0.2) is 33.7 Å². The van der Waals surface area contributed by atoms with E-state index in [9.17, 15) is 5.11 Å². The van der Waals surface area contributed by atoms with Gasteiger partial charge in [-0.3, -0.25) is 4.90 Å². The van der Waals surface area contributed by atoms with Crippen LogP contribution in [0.1, 0.15) is 43.2 Å². The largest absolute Gasteiger partial charge is 0.392 e. The number of hydrogen-bond acceptors (Lipinski definition) is 4. The van der Waals surface area contributed by atoms with Crippen LogP contribution in [0.3, 0.4) is 0 Å². The first-order valence-corrected chi connectivity index (χ1v) is 9.44. The Morgan fingerprint density at radius 3 is 2.83 bits per heavy atom. The van der Waals surface area contributed by atoms with Crippen LogP contribution in [0.2, 0.25) is 0 Å². The van der Waals surface area contributed by atoms with E-state index >= 15 is 0 Å². The van der Waals surface area contributed by atoms with E-state index < -0.39 is 0 Å². The second kappa shape index (κ2) is 7.56. The Hall–Kier alpha value is -1.23. The molecule has 1 aliphatic rings. The standard InChI is InChI=1S/C19H26N2OS/c1-3-17(22)16-11-7-8-12-21(16)13-18-14(2)20-19(23-18)15-9-5-4-6-10-15/h4-6,9-10,16-17,22H,3,7-8,11-13H2,1-2H3. The minimum Gasteiger partial charge on any atom is -0.392 e. The van der Waals surface area contributed by atoms with Gasteiger partial charge in [0.2, 0.25) is 0 Å². The summed E-state index contributed by atoms with van der Waals surface area (Å²) in [7, 11) is 0. The summed E-state index contributed by atoms with van der Waals surface area (Å²) in [5, 5.41) is 11.4. The second-order valence-corrected chi connectivity index (χ2v) is 7.49. The molecule has 2 aromatic rings. The predicted octanol–water partition coefficient (Wildman–Crippen LogP) is 4.24. The molecule has 1 aliphatic heterocycles. The highest BCUT2D eigenvalue weighted by atomic mass is 32.1. The Morgan fingerprint density at radius 2 is 2.09 bits per heavy atom. The lowest BCUT2D eigenvalue weighted by molar-refractivity contribution is 0.0199. The Labute approximate surface area is 143 Å². The van der Waals surface area contributed by atoms with Gasteiger partial charge >= 0.3 is 0 Å². The van der Waals surface area contributed by atoms with E-state index in [-0.39, 0.29) is 6.10 Å². The molecule has 1 aromatic heterocycles. The van der Waals surface area contributed by atoms with E-state index in [4.69, 9.17) is 4.98 Å². The van der Waals surface area contributed by atoms with Crippen molar-refractivity contribution in [1.82, 2.24) is 9.88 Å². The molecule has 4 heteroatoms. The predicted molar refractivity (Wildman–Crippen MR) is 96.6 cm³/mol. The molecule has 0 aliphatic carbocycles. The van der Waals surface area contributed by atoms with Crippen molar-refractivity contribution in [1.29, 1.82) is 0 Å². The van der Waals surface area contributed by atoms with Gasteiger partial charge in [-0.2, -0.15) is 0 Å². The highest BCUT2D eigenvalue weighted by Gasteiger charge is 2.28. The zero-order chi connectivity index (χ0) is 16.2. The first-order chi connectivity index (χ1) is 11.2. The van der Waals surface area contributed by atoms with E-state index in [1.54, 1.807) is 11.3 Å². The first kappa shape index (κ1) is 16.6. The molecule has 0 saturated carbocycles. The van der Waals surface area contributed by atoms with Gasteiger partial charge in [0.25, 0.3) is 0 Å². The number of nitrogens with zero attached hydrogens (tertiary/aromatic N) is 2. The molecule has 1 saturated heterocycles. The third-order valence-electron chi connectivity index (χ3n) is 4.79. The van der Waals surface area contributed by atoms with E-state index in [1.165, 1.54) is 23.3 Å². The third kappa shape index (κ3) is 3.82. The maximum atomic E-state index is 10.3. The van der Waals surface area contributed by atoms with Crippen molar-refractivity contribution < 1.29 is 5.11 Å². The van der Waals surface area contributed by atoms with E-state index in [1.807, 2.05) is 6.07 Å². The Bertz CT molecular complexity index is 626. The fourth-order valence-electron chi connectivity index (χ4n) is 3.38. The van der Waals surface area contributed by atoms with Crippen molar-refractivity contribution in [3.63, 3.8) is 0 Å². The molecule has 0 radical (unpaired) electrons. The Morgan fingerprint density at radius 1 is 1.30 bits per heavy atom. The van der Waals surface area contributed by atoms with Crippen LogP contribution < -0.4 is 0 Å². The topological polar surface area (TPSA) is 36.4 Å². The lowest BCUT2D eigenvalue weighted by Gasteiger charge is -2.38. The summed E-state index contributed by atoms with van der Waals surface area (Å²) in [5.41, 5.74) is 2.32. The quantitative estimate of drug-likeness (QED) is 0.890. The number of aromatic nitrogens is 1. The van der Waals surface area contributed by atoms with Gasteiger partial charge in [-0.1, -0.05) is 43.7 Å². The number of hydrogen-bond donors (Lipinski definition) is 1. The van der Waals surface area contributed by atoms with Crippen molar-refractivity contribution in [3.05, 3.63) is 40.9 Å². The zero-order valence-electron chi connectivity index (χ0n) is 14.0. The molecule has 2 heterocycles. The maximum absolute atomic E-state index is 10.3. The molecule has 3 rings (SSSR count). The highest BCUT2D eigenvalue weighted by molar-refractivity contribution is 7.15. The number of rotatable bonds is 5. The number of piperidine rings is 1. The number of aliphatic hydroxyl groups is 1. The van der Waals surface area contributed by atoms with Crippen LogP contribution in [0.4, 0.5) is 0 Å². The van der Waals surface area contributed by atoms with Gasteiger partial charge in [0.05, 0.1) is 11.8 Å². The average molecular weight is 330 g/mol. The molecule has 3 nitrogen and oxygen atoms in total. The van der Waals surface area contributed by atoms with Gasteiger partial charge in [-0.25, -0.2) is 4.98 Å². The van der Waals surface area contributed by atoms with Crippen LogP contribution >= 0.6 is 11.3 Å². The van der Waals surface area contributed by atoms with Gasteiger partial charge in [0, 0.05) is 23.0 Å². The van der Waals surface area contributed by atoms with E-state index in [0.29, 0.717) is 6.04 Å². The molecule has 1 N–H and O–H groups in total. The van der Waals surface area contributed by atoms with Crippen molar-refractivity contribution in [2.75, 3.05) is 6.54 Å². The molecule has 0 bridgehead atoms. The lowest BCUT2D eigenvalue weighted by Crippen LogP contribution is -2.46. The molecular formula is C19H26N2OS. The minimum absolute atomic E-state index is 0.211. The van der Waals surface area contributed by atoms with Crippen molar-refractivity contribution in [2.24, 2.45) is 0 Å². The Balaban J connectivity index is 1.78. The number of likely N-dealkylation sites (tertiary alicyclic amines) is 1. The highest BCUT2D eigenvalue weighted by Crippen LogP contribution is 2.31. The summed E-state index contributed by atoms with van der Waals surface area (Å²) < 4.78 is 0. The second-order valence-electron chi connectivity index (χ2n) is 6.40. The van der Waals surface area contributed by atoms with Crippen LogP contribution in [-0.2, 0) is 6.54 Å². The average Bonchev–Trinajstić information content (AvgIpc) is 2.96. The zero-order valence-corrected chi connectivity index (χ0v) is 14.9. The molecule has 124 valence electrons. The monoisotopic (exact) mass is 330 g/mol. The van der Waals surface area contributed by atoms with Crippen molar-refractivity contribution >= 4 is 11.3 Å². The molecule has 1 fully saturated rings. The summed E-state index contributed by atoms with van der Waals surface area (Å²) in [6.07, 6.45) is 4.19. The summed E-state index contributed by atoms with van der Waals surface area (Å²) in [6.45, 7) is 6.17. The van der Waals surface area contributed by atoms with Crippen molar-refractivity contribution in [3.8, 4) is 10.6 Å². The SMILES string of the molecule is CCC(O)C1CCCCN1Cc1sc(-c2ccccc2)nc1C. The summed E-state index contributed by atoms with van der Waals surface area (Å²) in [4.78, 5) is 8.56. The van der Waals surface area contributed by atoms with Gasteiger partial charge in [0.15, 0.2) is 0 Å². The fraction of sp³-hybridized carbons (Fsp3) is 0.526. The fourth-order valence-corrected chi connectivity index (χ4v) is 4.48. The maximum Gasteiger partial charge on any atom is 0.123 e.